The molecule has 1 aliphatic rings. The number of hydrogen-bond donors (Lipinski definition) is 0. The van der Waals surface area contributed by atoms with Gasteiger partial charge in [-0.2, -0.15) is 0 Å². The van der Waals surface area contributed by atoms with Crippen LogP contribution in [0, 0.1) is 0 Å². The standard InChI is InChI=1S/C8H12ClN3O2S/c1-2-5-12-7(6-3-4-6)10-11-8(12)15(9,13)14/h6H,2-5H2,1H3. The van der Waals surface area contributed by atoms with Gasteiger partial charge >= 0.3 is 0 Å². The maximum absolute atomic E-state index is 11.2. The van der Waals surface area contributed by atoms with Crippen LogP contribution in [0.2, 0.25) is 0 Å². The van der Waals surface area contributed by atoms with Crippen LogP contribution in [0.15, 0.2) is 5.16 Å². The summed E-state index contributed by atoms with van der Waals surface area (Å²) in [4.78, 5) is 0. The molecule has 1 heterocycles. The van der Waals surface area contributed by atoms with E-state index in [0.717, 1.165) is 25.1 Å². The lowest BCUT2D eigenvalue weighted by Gasteiger charge is -2.05. The maximum atomic E-state index is 11.2. The van der Waals surface area contributed by atoms with Crippen molar-refractivity contribution < 1.29 is 8.42 Å². The minimum absolute atomic E-state index is 0.118. The highest BCUT2D eigenvalue weighted by atomic mass is 35.7. The first kappa shape index (κ1) is 10.9. The Morgan fingerprint density at radius 3 is 2.60 bits per heavy atom. The minimum atomic E-state index is -3.78. The largest absolute Gasteiger partial charge is 0.301 e. The topological polar surface area (TPSA) is 64.8 Å². The van der Waals surface area contributed by atoms with Gasteiger partial charge in [0.05, 0.1) is 0 Å². The van der Waals surface area contributed by atoms with Crippen LogP contribution in [0.25, 0.3) is 0 Å². The van der Waals surface area contributed by atoms with Crippen LogP contribution in [0.1, 0.15) is 37.9 Å². The molecular weight excluding hydrogens is 238 g/mol. The zero-order chi connectivity index (χ0) is 11.1. The van der Waals surface area contributed by atoms with E-state index in [9.17, 15) is 8.42 Å². The summed E-state index contributed by atoms with van der Waals surface area (Å²) < 4.78 is 24.1. The SMILES string of the molecule is CCCn1c(C2CC2)nnc1S(=O)(=O)Cl. The third kappa shape index (κ3) is 2.15. The average molecular weight is 250 g/mol. The molecule has 0 aromatic carbocycles. The molecule has 5 nitrogen and oxygen atoms in total. The fraction of sp³-hybridized carbons (Fsp3) is 0.750. The first-order chi connectivity index (χ1) is 7.04. The Balaban J connectivity index is 2.46. The molecule has 2 rings (SSSR count). The molecule has 1 aliphatic carbocycles. The molecule has 0 amide bonds. The van der Waals surface area contributed by atoms with Crippen LogP contribution < -0.4 is 0 Å². The Morgan fingerprint density at radius 1 is 1.47 bits per heavy atom. The molecule has 0 unspecified atom stereocenters. The van der Waals surface area contributed by atoms with Crippen molar-refractivity contribution in [1.82, 2.24) is 14.8 Å². The van der Waals surface area contributed by atoms with Gasteiger partial charge in [-0.1, -0.05) is 6.92 Å². The summed E-state index contributed by atoms with van der Waals surface area (Å²) in [6.45, 7) is 2.57. The first-order valence-corrected chi connectivity index (χ1v) is 7.22. The fourth-order valence-electron chi connectivity index (χ4n) is 1.56. The molecule has 0 atom stereocenters. The maximum Gasteiger partial charge on any atom is 0.296 e. The molecule has 0 N–H and O–H groups in total. The van der Waals surface area contributed by atoms with Crippen LogP contribution in [0.3, 0.4) is 0 Å². The van der Waals surface area contributed by atoms with Gasteiger partial charge in [0.1, 0.15) is 5.82 Å². The summed E-state index contributed by atoms with van der Waals surface area (Å²) in [6.07, 6.45) is 2.95. The van der Waals surface area contributed by atoms with Crippen LogP contribution in [-0.4, -0.2) is 23.2 Å². The number of nitrogens with zero attached hydrogens (tertiary/aromatic N) is 3. The van der Waals surface area contributed by atoms with E-state index in [1.54, 1.807) is 4.57 Å². The Labute approximate surface area is 92.9 Å². The second kappa shape index (κ2) is 3.75. The predicted octanol–water partition coefficient (Wildman–Crippen LogP) is 1.49. The van der Waals surface area contributed by atoms with E-state index in [1.807, 2.05) is 6.92 Å². The Bertz CT molecular complexity index is 464. The average Bonchev–Trinajstić information content (AvgIpc) is 2.87. The number of halogens is 1. The quantitative estimate of drug-likeness (QED) is 0.759. The third-order valence-corrected chi connectivity index (χ3v) is 3.51. The summed E-state index contributed by atoms with van der Waals surface area (Å²) in [5.41, 5.74) is 0. The minimum Gasteiger partial charge on any atom is -0.301 e. The van der Waals surface area contributed by atoms with Crippen molar-refractivity contribution >= 4 is 19.7 Å². The third-order valence-electron chi connectivity index (χ3n) is 2.35. The predicted molar refractivity (Wildman–Crippen MR) is 55.3 cm³/mol. The molecule has 84 valence electrons. The molecule has 0 radical (unpaired) electrons. The van der Waals surface area contributed by atoms with Gasteiger partial charge in [-0.15, -0.1) is 10.2 Å². The van der Waals surface area contributed by atoms with Gasteiger partial charge in [-0.25, -0.2) is 8.42 Å². The lowest BCUT2D eigenvalue weighted by molar-refractivity contribution is 0.556. The lowest BCUT2D eigenvalue weighted by Crippen LogP contribution is -2.08. The molecule has 0 saturated heterocycles. The van der Waals surface area contributed by atoms with Crippen molar-refractivity contribution in [3.05, 3.63) is 5.82 Å². The Hall–Kier alpha value is -0.620. The second-order valence-electron chi connectivity index (χ2n) is 3.70. The smallest absolute Gasteiger partial charge is 0.296 e. The molecule has 1 fully saturated rings. The highest BCUT2D eigenvalue weighted by molar-refractivity contribution is 8.13. The number of rotatable bonds is 4. The van der Waals surface area contributed by atoms with Crippen molar-refractivity contribution in [2.45, 2.75) is 43.8 Å². The van der Waals surface area contributed by atoms with Gasteiger partial charge in [0.15, 0.2) is 0 Å². The molecule has 0 aliphatic heterocycles. The lowest BCUT2D eigenvalue weighted by atomic mass is 10.4. The highest BCUT2D eigenvalue weighted by Gasteiger charge is 2.32. The summed E-state index contributed by atoms with van der Waals surface area (Å²) in [5.74, 6) is 1.13. The zero-order valence-electron chi connectivity index (χ0n) is 8.35. The molecule has 1 saturated carbocycles. The van der Waals surface area contributed by atoms with Crippen molar-refractivity contribution in [1.29, 1.82) is 0 Å². The van der Waals surface area contributed by atoms with Gasteiger partial charge < -0.3 is 4.57 Å². The Morgan fingerprint density at radius 2 is 2.13 bits per heavy atom. The Kier molecular flexibility index (Phi) is 2.72. The normalized spacial score (nSPS) is 16.9. The van der Waals surface area contributed by atoms with Crippen LogP contribution in [0.5, 0.6) is 0 Å². The van der Waals surface area contributed by atoms with Crippen LogP contribution >= 0.6 is 10.7 Å². The monoisotopic (exact) mass is 249 g/mol. The molecule has 1 aromatic rings. The van der Waals surface area contributed by atoms with E-state index in [2.05, 4.69) is 10.2 Å². The summed E-state index contributed by atoms with van der Waals surface area (Å²) >= 11 is 0. The van der Waals surface area contributed by atoms with E-state index in [1.165, 1.54) is 0 Å². The van der Waals surface area contributed by atoms with E-state index >= 15 is 0 Å². The molecule has 7 heteroatoms. The van der Waals surface area contributed by atoms with Gasteiger partial charge in [-0.05, 0) is 19.3 Å². The highest BCUT2D eigenvalue weighted by Crippen LogP contribution is 2.39. The molecular formula is C8H12ClN3O2S. The number of hydrogen-bond acceptors (Lipinski definition) is 4. The van der Waals surface area contributed by atoms with E-state index < -0.39 is 9.05 Å². The summed E-state index contributed by atoms with van der Waals surface area (Å²) in [7, 11) is 1.51. The van der Waals surface area contributed by atoms with Gasteiger partial charge in [0, 0.05) is 23.1 Å². The van der Waals surface area contributed by atoms with E-state index in [0.29, 0.717) is 12.5 Å². The van der Waals surface area contributed by atoms with Crippen LogP contribution in [0.4, 0.5) is 0 Å². The number of aromatic nitrogens is 3. The van der Waals surface area contributed by atoms with Gasteiger partial charge in [0.2, 0.25) is 0 Å². The van der Waals surface area contributed by atoms with E-state index in [-0.39, 0.29) is 5.16 Å². The van der Waals surface area contributed by atoms with Gasteiger partial charge in [0.25, 0.3) is 14.2 Å². The summed E-state index contributed by atoms with van der Waals surface area (Å²) in [5, 5.41) is 7.46. The molecule has 0 bridgehead atoms. The van der Waals surface area contributed by atoms with Crippen molar-refractivity contribution in [3.8, 4) is 0 Å². The van der Waals surface area contributed by atoms with Crippen LogP contribution in [-0.2, 0) is 15.6 Å². The molecule has 15 heavy (non-hydrogen) atoms. The summed E-state index contributed by atoms with van der Waals surface area (Å²) in [6, 6.07) is 0. The van der Waals surface area contributed by atoms with Gasteiger partial charge in [-0.3, -0.25) is 0 Å². The van der Waals surface area contributed by atoms with Crippen molar-refractivity contribution in [2.24, 2.45) is 0 Å². The second-order valence-corrected chi connectivity index (χ2v) is 6.16. The zero-order valence-corrected chi connectivity index (χ0v) is 9.92. The van der Waals surface area contributed by atoms with E-state index in [4.69, 9.17) is 10.7 Å². The molecule has 0 spiro atoms. The fourth-order valence-corrected chi connectivity index (χ4v) is 2.49. The molecule has 1 aromatic heterocycles. The van der Waals surface area contributed by atoms with Crippen molar-refractivity contribution in [3.63, 3.8) is 0 Å². The van der Waals surface area contributed by atoms with Crippen molar-refractivity contribution in [2.75, 3.05) is 0 Å². The first-order valence-electron chi connectivity index (χ1n) is 4.91.